The molecule has 0 radical (unpaired) electrons. The van der Waals surface area contributed by atoms with Gasteiger partial charge in [0.1, 0.15) is 15.8 Å². The van der Waals surface area contributed by atoms with Gasteiger partial charge in [0.2, 0.25) is 0 Å². The lowest BCUT2D eigenvalue weighted by Crippen LogP contribution is -2.44. The van der Waals surface area contributed by atoms with Gasteiger partial charge in [-0.25, -0.2) is 0 Å². The van der Waals surface area contributed by atoms with E-state index in [4.69, 9.17) is 16.3 Å². The Bertz CT molecular complexity index is 631. The number of carbonyl (C=O) groups excluding carboxylic acids is 1. The van der Waals surface area contributed by atoms with Crippen LogP contribution in [0.5, 0.6) is 5.75 Å². The van der Waals surface area contributed by atoms with Crippen molar-refractivity contribution in [2.24, 2.45) is 0 Å². The van der Waals surface area contributed by atoms with E-state index in [1.807, 2.05) is 24.3 Å². The van der Waals surface area contributed by atoms with Crippen LogP contribution in [0.3, 0.4) is 0 Å². The number of para-hydroxylation sites is 2. The molecule has 2 heterocycles. The first kappa shape index (κ1) is 12.4. The SMILES string of the molecule is CC1Oc2ccccc2N(Cc2nnsc2Cl)C1=O. The number of anilines is 1. The third-order valence-corrected chi connectivity index (χ3v) is 3.88. The molecule has 0 saturated carbocycles. The Kier molecular flexibility index (Phi) is 3.12. The van der Waals surface area contributed by atoms with Crippen LogP contribution in [0.1, 0.15) is 12.6 Å². The molecule has 0 bridgehead atoms. The van der Waals surface area contributed by atoms with Gasteiger partial charge < -0.3 is 4.74 Å². The maximum Gasteiger partial charge on any atom is 0.268 e. The second-order valence-electron chi connectivity index (χ2n) is 4.15. The molecule has 1 atom stereocenters. The van der Waals surface area contributed by atoms with Gasteiger partial charge in [0.05, 0.1) is 12.2 Å². The average molecular weight is 296 g/mol. The molecule has 1 aromatic heterocycles. The van der Waals surface area contributed by atoms with Crippen molar-refractivity contribution in [3.8, 4) is 5.75 Å². The van der Waals surface area contributed by atoms with Gasteiger partial charge in [0.25, 0.3) is 5.91 Å². The summed E-state index contributed by atoms with van der Waals surface area (Å²) in [5.41, 5.74) is 1.33. The molecule has 19 heavy (non-hydrogen) atoms. The highest BCUT2D eigenvalue weighted by Gasteiger charge is 2.32. The molecule has 1 aliphatic heterocycles. The number of aromatic nitrogens is 2. The van der Waals surface area contributed by atoms with Gasteiger partial charge in [-0.15, -0.1) is 5.10 Å². The molecular weight excluding hydrogens is 286 g/mol. The minimum Gasteiger partial charge on any atom is -0.479 e. The minimum atomic E-state index is -0.514. The summed E-state index contributed by atoms with van der Waals surface area (Å²) in [6.07, 6.45) is -0.514. The lowest BCUT2D eigenvalue weighted by atomic mass is 10.2. The van der Waals surface area contributed by atoms with E-state index in [0.717, 1.165) is 17.2 Å². The number of hydrogen-bond donors (Lipinski definition) is 0. The van der Waals surface area contributed by atoms with Crippen LogP contribution < -0.4 is 9.64 Å². The number of benzene rings is 1. The molecule has 0 fully saturated rings. The summed E-state index contributed by atoms with van der Waals surface area (Å²) in [5.74, 6) is 0.580. The van der Waals surface area contributed by atoms with Gasteiger partial charge in [-0.2, -0.15) is 0 Å². The molecule has 0 N–H and O–H groups in total. The summed E-state index contributed by atoms with van der Waals surface area (Å²) in [6.45, 7) is 2.03. The smallest absolute Gasteiger partial charge is 0.268 e. The first-order chi connectivity index (χ1) is 9.16. The third-order valence-electron chi connectivity index (χ3n) is 2.89. The standard InChI is InChI=1S/C12H10ClN3O2S/c1-7-12(17)16(6-8-11(13)19-15-14-8)9-4-2-3-5-10(9)18-7/h2-5,7H,6H2,1H3. The zero-order chi connectivity index (χ0) is 13.4. The summed E-state index contributed by atoms with van der Waals surface area (Å²) in [6, 6.07) is 7.41. The number of ether oxygens (including phenoxy) is 1. The summed E-state index contributed by atoms with van der Waals surface area (Å²) >= 11 is 7.11. The zero-order valence-electron chi connectivity index (χ0n) is 10.0. The van der Waals surface area contributed by atoms with Crippen LogP contribution in [0.2, 0.25) is 4.34 Å². The molecule has 7 heteroatoms. The molecule has 2 aromatic rings. The van der Waals surface area contributed by atoms with Gasteiger partial charge in [-0.05, 0) is 19.1 Å². The van der Waals surface area contributed by atoms with E-state index >= 15 is 0 Å². The van der Waals surface area contributed by atoms with E-state index in [9.17, 15) is 4.79 Å². The predicted octanol–water partition coefficient (Wildman–Crippen LogP) is 2.51. The molecule has 3 rings (SSSR count). The van der Waals surface area contributed by atoms with Gasteiger partial charge in [0.15, 0.2) is 6.10 Å². The molecule has 0 aliphatic carbocycles. The van der Waals surface area contributed by atoms with Crippen molar-refractivity contribution in [2.75, 3.05) is 4.90 Å². The number of carbonyl (C=O) groups is 1. The van der Waals surface area contributed by atoms with E-state index in [-0.39, 0.29) is 5.91 Å². The van der Waals surface area contributed by atoms with E-state index in [1.165, 1.54) is 0 Å². The number of rotatable bonds is 2. The average Bonchev–Trinajstić information content (AvgIpc) is 2.80. The van der Waals surface area contributed by atoms with Crippen LogP contribution in [0.4, 0.5) is 5.69 Å². The number of fused-ring (bicyclic) bond motifs is 1. The van der Waals surface area contributed by atoms with Gasteiger partial charge in [-0.3, -0.25) is 9.69 Å². The van der Waals surface area contributed by atoms with Crippen LogP contribution in [0.25, 0.3) is 0 Å². The fourth-order valence-corrected chi connectivity index (χ4v) is 2.57. The minimum absolute atomic E-state index is 0.109. The van der Waals surface area contributed by atoms with Gasteiger partial charge in [-0.1, -0.05) is 28.2 Å². The van der Waals surface area contributed by atoms with Crippen molar-refractivity contribution in [1.82, 2.24) is 9.59 Å². The summed E-state index contributed by atoms with van der Waals surface area (Å²) in [5, 5.41) is 3.94. The first-order valence-electron chi connectivity index (χ1n) is 5.70. The molecule has 0 saturated heterocycles. The van der Waals surface area contributed by atoms with Crippen molar-refractivity contribution in [3.63, 3.8) is 0 Å². The third kappa shape index (κ3) is 2.17. The maximum atomic E-state index is 12.2. The Hall–Kier alpha value is -1.66. The topological polar surface area (TPSA) is 55.3 Å². The van der Waals surface area contributed by atoms with Crippen molar-refractivity contribution in [1.29, 1.82) is 0 Å². The summed E-state index contributed by atoms with van der Waals surface area (Å²) < 4.78 is 9.85. The van der Waals surface area contributed by atoms with Crippen molar-refractivity contribution in [3.05, 3.63) is 34.3 Å². The van der Waals surface area contributed by atoms with Crippen LogP contribution in [-0.4, -0.2) is 21.6 Å². The molecule has 98 valence electrons. The van der Waals surface area contributed by atoms with Crippen LogP contribution in [-0.2, 0) is 11.3 Å². The highest BCUT2D eigenvalue weighted by Crippen LogP contribution is 2.35. The second-order valence-corrected chi connectivity index (χ2v) is 5.50. The van der Waals surface area contributed by atoms with Gasteiger partial charge >= 0.3 is 0 Å². The molecule has 1 aliphatic rings. The largest absolute Gasteiger partial charge is 0.479 e. The molecule has 1 amide bonds. The van der Waals surface area contributed by atoms with E-state index < -0.39 is 6.10 Å². The second kappa shape index (κ2) is 4.79. The number of hydrogen-bond acceptors (Lipinski definition) is 5. The highest BCUT2D eigenvalue weighted by molar-refractivity contribution is 7.10. The lowest BCUT2D eigenvalue weighted by molar-refractivity contribution is -0.125. The van der Waals surface area contributed by atoms with Crippen LogP contribution in [0, 0.1) is 0 Å². The van der Waals surface area contributed by atoms with E-state index in [1.54, 1.807) is 11.8 Å². The molecule has 1 unspecified atom stereocenters. The zero-order valence-corrected chi connectivity index (χ0v) is 11.6. The molecule has 5 nitrogen and oxygen atoms in total. The lowest BCUT2D eigenvalue weighted by Gasteiger charge is -2.32. The van der Waals surface area contributed by atoms with E-state index in [0.29, 0.717) is 22.3 Å². The number of amides is 1. The Morgan fingerprint density at radius 3 is 3.00 bits per heavy atom. The number of nitrogens with zero attached hydrogens (tertiary/aromatic N) is 3. The molecule has 1 aromatic carbocycles. The van der Waals surface area contributed by atoms with E-state index in [2.05, 4.69) is 9.59 Å². The van der Waals surface area contributed by atoms with Crippen LogP contribution >= 0.6 is 23.1 Å². The fourth-order valence-electron chi connectivity index (χ4n) is 1.96. The maximum absolute atomic E-state index is 12.2. The molecular formula is C12H10ClN3O2S. The van der Waals surface area contributed by atoms with Crippen LogP contribution in [0.15, 0.2) is 24.3 Å². The Labute approximate surface area is 118 Å². The molecule has 0 spiro atoms. The predicted molar refractivity (Wildman–Crippen MR) is 72.6 cm³/mol. The van der Waals surface area contributed by atoms with Crippen molar-refractivity contribution < 1.29 is 9.53 Å². The summed E-state index contributed by atoms with van der Waals surface area (Å²) in [7, 11) is 0. The Morgan fingerprint density at radius 2 is 2.26 bits per heavy atom. The highest BCUT2D eigenvalue weighted by atomic mass is 35.5. The fraction of sp³-hybridized carbons (Fsp3) is 0.250. The van der Waals surface area contributed by atoms with Gasteiger partial charge in [0, 0.05) is 11.5 Å². The quantitative estimate of drug-likeness (QED) is 0.854. The Balaban J connectivity index is 1.99. The first-order valence-corrected chi connectivity index (χ1v) is 6.85. The monoisotopic (exact) mass is 295 g/mol. The Morgan fingerprint density at radius 1 is 1.47 bits per heavy atom. The van der Waals surface area contributed by atoms with Crippen molar-refractivity contribution in [2.45, 2.75) is 19.6 Å². The summed E-state index contributed by atoms with van der Waals surface area (Å²) in [4.78, 5) is 13.9. The normalized spacial score (nSPS) is 18.1. The van der Waals surface area contributed by atoms with Crippen molar-refractivity contribution >= 4 is 34.7 Å². The number of halogens is 1.